The van der Waals surface area contributed by atoms with E-state index in [4.69, 9.17) is 21.1 Å². The molecule has 1 aliphatic heterocycles. The van der Waals surface area contributed by atoms with Crippen LogP contribution < -0.4 is 14.8 Å². The summed E-state index contributed by atoms with van der Waals surface area (Å²) in [5, 5.41) is 4.78. The fourth-order valence-corrected chi connectivity index (χ4v) is 4.63. The predicted octanol–water partition coefficient (Wildman–Crippen LogP) is 4.57. The van der Waals surface area contributed by atoms with Gasteiger partial charge in [-0.15, -0.1) is 0 Å². The molecular weight excluding hydrogens is 426 g/mol. The number of amides is 1. The van der Waals surface area contributed by atoms with Gasteiger partial charge in [0.05, 0.1) is 14.2 Å². The maximum atomic E-state index is 13.0. The zero-order valence-electron chi connectivity index (χ0n) is 18.6. The fourth-order valence-electron chi connectivity index (χ4n) is 4.46. The minimum absolute atomic E-state index is 0.0207. The number of ether oxygens (including phenoxy) is 2. The number of halogens is 1. The summed E-state index contributed by atoms with van der Waals surface area (Å²) in [5.74, 6) is 1.22. The zero-order chi connectivity index (χ0) is 22.5. The highest BCUT2D eigenvalue weighted by Gasteiger charge is 2.23. The van der Waals surface area contributed by atoms with Crippen LogP contribution in [0.2, 0.25) is 5.02 Å². The first-order valence-corrected chi connectivity index (χ1v) is 11.4. The molecule has 1 atom stereocenters. The number of hydrogen-bond acceptors (Lipinski definition) is 4. The van der Waals surface area contributed by atoms with Crippen molar-refractivity contribution >= 4 is 28.4 Å². The van der Waals surface area contributed by atoms with Crippen LogP contribution in [0, 0.1) is 0 Å². The number of hydrogen-bond donors (Lipinski definition) is 2. The first-order valence-electron chi connectivity index (χ1n) is 11.1. The van der Waals surface area contributed by atoms with Crippen molar-refractivity contribution in [3.05, 3.63) is 58.7 Å². The van der Waals surface area contributed by atoms with Crippen molar-refractivity contribution in [1.82, 2.24) is 15.2 Å². The van der Waals surface area contributed by atoms with Crippen LogP contribution in [0.3, 0.4) is 0 Å². The van der Waals surface area contributed by atoms with E-state index in [0.717, 1.165) is 41.7 Å². The van der Waals surface area contributed by atoms with Gasteiger partial charge in [0.15, 0.2) is 0 Å². The standard InChI is InChI=1S/C25H30ClN3O3/c1-31-19-11-17(12-20(14-19)32-2)21(15-25(30)27-7-10-29-8-3-4-9-29)23-16-28-24-6-5-18(26)13-22(23)24/h5-6,11-14,16,21,28H,3-4,7-10,15H2,1-2H3,(H,27,30). The van der Waals surface area contributed by atoms with Crippen molar-refractivity contribution in [3.8, 4) is 11.5 Å². The Kier molecular flexibility index (Phi) is 7.22. The van der Waals surface area contributed by atoms with Crippen molar-refractivity contribution in [1.29, 1.82) is 0 Å². The summed E-state index contributed by atoms with van der Waals surface area (Å²) in [6.45, 7) is 3.80. The predicted molar refractivity (Wildman–Crippen MR) is 128 cm³/mol. The molecule has 0 saturated carbocycles. The van der Waals surface area contributed by atoms with Gasteiger partial charge in [0.25, 0.3) is 0 Å². The average molecular weight is 456 g/mol. The summed E-state index contributed by atoms with van der Waals surface area (Å²) >= 11 is 6.29. The third-order valence-electron chi connectivity index (χ3n) is 6.17. The largest absolute Gasteiger partial charge is 0.497 e. The Morgan fingerprint density at radius 2 is 1.84 bits per heavy atom. The molecule has 2 aromatic carbocycles. The van der Waals surface area contributed by atoms with E-state index in [1.54, 1.807) is 14.2 Å². The van der Waals surface area contributed by atoms with E-state index in [9.17, 15) is 4.79 Å². The van der Waals surface area contributed by atoms with Crippen LogP contribution in [0.25, 0.3) is 10.9 Å². The van der Waals surface area contributed by atoms with Crippen LogP contribution in [-0.2, 0) is 4.79 Å². The van der Waals surface area contributed by atoms with Gasteiger partial charge in [0, 0.05) is 53.6 Å². The maximum absolute atomic E-state index is 13.0. The van der Waals surface area contributed by atoms with Gasteiger partial charge in [0.1, 0.15) is 11.5 Å². The lowest BCUT2D eigenvalue weighted by atomic mass is 9.87. The van der Waals surface area contributed by atoms with Crippen LogP contribution in [-0.4, -0.2) is 56.2 Å². The Morgan fingerprint density at radius 1 is 1.12 bits per heavy atom. The summed E-state index contributed by atoms with van der Waals surface area (Å²) in [5.41, 5.74) is 2.96. The molecule has 1 unspecified atom stereocenters. The van der Waals surface area contributed by atoms with Crippen LogP contribution in [0.4, 0.5) is 0 Å². The fraction of sp³-hybridized carbons (Fsp3) is 0.400. The smallest absolute Gasteiger partial charge is 0.220 e. The molecule has 1 amide bonds. The number of H-pyrrole nitrogens is 1. The Labute approximate surface area is 193 Å². The minimum atomic E-state index is -0.182. The summed E-state index contributed by atoms with van der Waals surface area (Å²) in [6.07, 6.45) is 4.78. The third kappa shape index (κ3) is 5.19. The van der Waals surface area contributed by atoms with Crippen molar-refractivity contribution < 1.29 is 14.3 Å². The van der Waals surface area contributed by atoms with E-state index in [-0.39, 0.29) is 11.8 Å². The van der Waals surface area contributed by atoms with Crippen LogP contribution in [0.1, 0.15) is 36.3 Å². The maximum Gasteiger partial charge on any atom is 0.220 e. The number of likely N-dealkylation sites (tertiary alicyclic amines) is 1. The molecule has 0 spiro atoms. The van der Waals surface area contributed by atoms with Gasteiger partial charge in [0.2, 0.25) is 5.91 Å². The van der Waals surface area contributed by atoms with Crippen molar-refractivity contribution in [2.75, 3.05) is 40.4 Å². The third-order valence-corrected chi connectivity index (χ3v) is 6.40. The van der Waals surface area contributed by atoms with Crippen molar-refractivity contribution in [2.45, 2.75) is 25.2 Å². The van der Waals surface area contributed by atoms with Crippen LogP contribution in [0.15, 0.2) is 42.6 Å². The van der Waals surface area contributed by atoms with Gasteiger partial charge in [-0.2, -0.15) is 0 Å². The summed E-state index contributed by atoms with van der Waals surface area (Å²) in [4.78, 5) is 18.7. The summed E-state index contributed by atoms with van der Waals surface area (Å²) < 4.78 is 11.0. The number of rotatable bonds is 9. The average Bonchev–Trinajstić information content (AvgIpc) is 3.47. The van der Waals surface area contributed by atoms with Crippen LogP contribution in [0.5, 0.6) is 11.5 Å². The van der Waals surface area contributed by atoms with E-state index in [1.807, 2.05) is 42.6 Å². The number of carbonyl (C=O) groups excluding carboxylic acids is 1. The van der Waals surface area contributed by atoms with E-state index in [2.05, 4.69) is 15.2 Å². The highest BCUT2D eigenvalue weighted by atomic mass is 35.5. The number of nitrogens with zero attached hydrogens (tertiary/aromatic N) is 1. The second-order valence-corrected chi connectivity index (χ2v) is 8.67. The minimum Gasteiger partial charge on any atom is -0.497 e. The zero-order valence-corrected chi connectivity index (χ0v) is 19.4. The van der Waals surface area contributed by atoms with Crippen LogP contribution >= 0.6 is 11.6 Å². The number of fused-ring (bicyclic) bond motifs is 1. The molecule has 32 heavy (non-hydrogen) atoms. The normalized spacial score (nSPS) is 15.1. The Morgan fingerprint density at radius 3 is 2.53 bits per heavy atom. The summed E-state index contributed by atoms with van der Waals surface area (Å²) in [6, 6.07) is 11.5. The highest BCUT2D eigenvalue weighted by molar-refractivity contribution is 6.31. The number of aromatic amines is 1. The van der Waals surface area contributed by atoms with E-state index in [1.165, 1.54) is 12.8 Å². The molecule has 2 N–H and O–H groups in total. The van der Waals surface area contributed by atoms with Gasteiger partial charge in [-0.05, 0) is 67.4 Å². The van der Waals surface area contributed by atoms with Crippen molar-refractivity contribution in [2.24, 2.45) is 0 Å². The second kappa shape index (κ2) is 10.3. The number of methoxy groups -OCH3 is 2. The molecule has 170 valence electrons. The van der Waals surface area contributed by atoms with E-state index < -0.39 is 0 Å². The number of aromatic nitrogens is 1. The molecule has 1 fully saturated rings. The molecular formula is C25H30ClN3O3. The molecule has 6 nitrogen and oxygen atoms in total. The Balaban J connectivity index is 1.62. The number of benzene rings is 2. The van der Waals surface area contributed by atoms with Gasteiger partial charge in [-0.25, -0.2) is 0 Å². The SMILES string of the molecule is COc1cc(OC)cc(C(CC(=O)NCCN2CCCC2)c2c[nH]c3ccc(Cl)cc23)c1. The van der Waals surface area contributed by atoms with Gasteiger partial charge < -0.3 is 24.7 Å². The summed E-state index contributed by atoms with van der Waals surface area (Å²) in [7, 11) is 3.26. The molecule has 2 heterocycles. The molecule has 0 aliphatic carbocycles. The molecule has 7 heteroatoms. The lowest BCUT2D eigenvalue weighted by Crippen LogP contribution is -2.34. The number of carbonyl (C=O) groups is 1. The Hall–Kier alpha value is -2.70. The molecule has 1 aromatic heterocycles. The van der Waals surface area contributed by atoms with Gasteiger partial charge in [-0.3, -0.25) is 4.79 Å². The van der Waals surface area contributed by atoms with Gasteiger partial charge in [-0.1, -0.05) is 11.6 Å². The lowest BCUT2D eigenvalue weighted by molar-refractivity contribution is -0.121. The van der Waals surface area contributed by atoms with Crippen molar-refractivity contribution in [3.63, 3.8) is 0 Å². The van der Waals surface area contributed by atoms with E-state index >= 15 is 0 Å². The molecule has 4 rings (SSSR count). The number of nitrogens with one attached hydrogen (secondary N) is 2. The monoisotopic (exact) mass is 455 g/mol. The Bertz CT molecular complexity index is 1050. The second-order valence-electron chi connectivity index (χ2n) is 8.24. The highest BCUT2D eigenvalue weighted by Crippen LogP contribution is 2.37. The topological polar surface area (TPSA) is 66.6 Å². The first kappa shape index (κ1) is 22.5. The molecule has 1 saturated heterocycles. The molecule has 3 aromatic rings. The lowest BCUT2D eigenvalue weighted by Gasteiger charge is -2.20. The first-order chi connectivity index (χ1) is 15.6. The quantitative estimate of drug-likeness (QED) is 0.496. The van der Waals surface area contributed by atoms with Gasteiger partial charge >= 0.3 is 0 Å². The molecule has 0 radical (unpaired) electrons. The molecule has 0 bridgehead atoms. The molecule has 1 aliphatic rings. The van der Waals surface area contributed by atoms with E-state index in [0.29, 0.717) is 29.5 Å².